The standard InChI is InChI=1S/C23H30ClN5O3S/c24-14-5-6-19-18(13-14)26-23(32)29(19)15-7-10-28(11-8-15)20(30)9-12-33-22-25-17-4-2-1-3-16(17)21(31)27-22/h5-6,13,15-17,22,25H,1-4,7-12H2,(H,26,32)(H,27,31). The van der Waals surface area contributed by atoms with E-state index in [1.54, 1.807) is 28.5 Å². The van der Waals surface area contributed by atoms with Gasteiger partial charge in [-0.15, -0.1) is 11.8 Å². The lowest BCUT2D eigenvalue weighted by Gasteiger charge is -2.39. The third kappa shape index (κ3) is 4.81. The highest BCUT2D eigenvalue weighted by Gasteiger charge is 2.37. The van der Waals surface area contributed by atoms with Crippen LogP contribution in [-0.4, -0.2) is 56.6 Å². The molecule has 178 valence electrons. The van der Waals surface area contributed by atoms with Gasteiger partial charge in [0.05, 0.1) is 17.0 Å². The normalized spacial score (nSPS) is 26.3. The molecule has 0 bridgehead atoms. The molecule has 2 saturated heterocycles. The molecule has 2 aliphatic heterocycles. The van der Waals surface area contributed by atoms with Crippen LogP contribution in [0.3, 0.4) is 0 Å². The Labute approximate surface area is 201 Å². The van der Waals surface area contributed by atoms with E-state index in [4.69, 9.17) is 11.6 Å². The molecule has 33 heavy (non-hydrogen) atoms. The minimum absolute atomic E-state index is 0.0657. The van der Waals surface area contributed by atoms with Crippen LogP contribution >= 0.6 is 23.4 Å². The van der Waals surface area contributed by atoms with Gasteiger partial charge in [0.25, 0.3) is 0 Å². The van der Waals surface area contributed by atoms with Gasteiger partial charge in [0.2, 0.25) is 11.8 Å². The fourth-order valence-electron chi connectivity index (χ4n) is 5.47. The summed E-state index contributed by atoms with van der Waals surface area (Å²) < 4.78 is 1.80. The highest BCUT2D eigenvalue weighted by molar-refractivity contribution is 7.99. The number of hydrogen-bond donors (Lipinski definition) is 3. The summed E-state index contributed by atoms with van der Waals surface area (Å²) in [6, 6.07) is 5.77. The van der Waals surface area contributed by atoms with Crippen molar-refractivity contribution in [2.24, 2.45) is 5.92 Å². The number of nitrogens with zero attached hydrogens (tertiary/aromatic N) is 2. The Morgan fingerprint density at radius 3 is 2.73 bits per heavy atom. The summed E-state index contributed by atoms with van der Waals surface area (Å²) in [6.45, 7) is 1.28. The smallest absolute Gasteiger partial charge is 0.326 e. The molecule has 2 aromatic rings. The molecule has 3 unspecified atom stereocenters. The van der Waals surface area contributed by atoms with E-state index in [1.165, 1.54) is 6.42 Å². The number of carbonyl (C=O) groups excluding carboxylic acids is 2. The monoisotopic (exact) mass is 491 g/mol. The molecule has 5 rings (SSSR count). The number of aromatic amines is 1. The molecule has 3 heterocycles. The second kappa shape index (κ2) is 9.72. The number of halogens is 1. The third-order valence-electron chi connectivity index (χ3n) is 7.20. The van der Waals surface area contributed by atoms with Gasteiger partial charge >= 0.3 is 5.69 Å². The molecular formula is C23H30ClN5O3S. The molecular weight excluding hydrogens is 462 g/mol. The molecule has 3 atom stereocenters. The SMILES string of the molecule is O=C1NC(SCCC(=O)N2CCC(n3c(=O)[nH]c4cc(Cl)ccc43)CC2)NC2CCCCC12. The zero-order valence-corrected chi connectivity index (χ0v) is 20.1. The number of nitrogens with one attached hydrogen (secondary N) is 3. The molecule has 1 saturated carbocycles. The Balaban J connectivity index is 1.10. The Morgan fingerprint density at radius 2 is 1.91 bits per heavy atom. The van der Waals surface area contributed by atoms with E-state index >= 15 is 0 Å². The molecule has 1 aromatic carbocycles. The molecule has 10 heteroatoms. The van der Waals surface area contributed by atoms with Crippen molar-refractivity contribution in [3.05, 3.63) is 33.7 Å². The lowest BCUT2D eigenvalue weighted by molar-refractivity contribution is -0.132. The summed E-state index contributed by atoms with van der Waals surface area (Å²) in [5.74, 6) is 1.05. The number of aromatic nitrogens is 2. The van der Waals surface area contributed by atoms with Crippen molar-refractivity contribution >= 4 is 46.2 Å². The van der Waals surface area contributed by atoms with E-state index in [0.717, 1.165) is 43.1 Å². The number of H-pyrrole nitrogens is 1. The van der Waals surface area contributed by atoms with Crippen LogP contribution in [0, 0.1) is 5.92 Å². The number of piperidine rings is 1. The minimum atomic E-state index is -0.129. The maximum Gasteiger partial charge on any atom is 0.326 e. The lowest BCUT2D eigenvalue weighted by Crippen LogP contribution is -2.60. The molecule has 1 aromatic heterocycles. The Hall–Kier alpha value is -1.97. The van der Waals surface area contributed by atoms with Gasteiger partial charge in [-0.25, -0.2) is 4.79 Å². The van der Waals surface area contributed by atoms with Crippen LogP contribution in [0.1, 0.15) is 51.0 Å². The van der Waals surface area contributed by atoms with Crippen LogP contribution in [0.5, 0.6) is 0 Å². The van der Waals surface area contributed by atoms with Gasteiger partial charge in [0, 0.05) is 42.4 Å². The van der Waals surface area contributed by atoms with Gasteiger partial charge in [-0.2, -0.15) is 0 Å². The van der Waals surface area contributed by atoms with E-state index < -0.39 is 0 Å². The molecule has 3 aliphatic rings. The second-order valence-electron chi connectivity index (χ2n) is 9.25. The zero-order chi connectivity index (χ0) is 22.9. The number of carbonyl (C=O) groups is 2. The lowest BCUT2D eigenvalue weighted by atomic mass is 9.83. The quantitative estimate of drug-likeness (QED) is 0.597. The molecule has 3 fully saturated rings. The van der Waals surface area contributed by atoms with Crippen molar-refractivity contribution in [3.8, 4) is 0 Å². The number of imidazole rings is 1. The van der Waals surface area contributed by atoms with E-state index in [-0.39, 0.29) is 41.0 Å². The summed E-state index contributed by atoms with van der Waals surface area (Å²) in [6.07, 6.45) is 6.26. The van der Waals surface area contributed by atoms with Crippen LogP contribution in [0.4, 0.5) is 0 Å². The van der Waals surface area contributed by atoms with Crippen molar-refractivity contribution in [2.45, 2.75) is 62.5 Å². The van der Waals surface area contributed by atoms with Crippen molar-refractivity contribution < 1.29 is 9.59 Å². The van der Waals surface area contributed by atoms with Crippen LogP contribution in [0.25, 0.3) is 11.0 Å². The van der Waals surface area contributed by atoms with Gasteiger partial charge in [0.1, 0.15) is 5.50 Å². The van der Waals surface area contributed by atoms with Gasteiger partial charge in [-0.3, -0.25) is 19.5 Å². The van der Waals surface area contributed by atoms with Crippen molar-refractivity contribution in [2.75, 3.05) is 18.8 Å². The zero-order valence-electron chi connectivity index (χ0n) is 18.5. The molecule has 8 nitrogen and oxygen atoms in total. The number of amides is 2. The molecule has 0 spiro atoms. The number of fused-ring (bicyclic) bond motifs is 2. The number of hydrogen-bond acceptors (Lipinski definition) is 5. The number of benzene rings is 1. The maximum atomic E-state index is 12.8. The molecule has 3 N–H and O–H groups in total. The van der Waals surface area contributed by atoms with Gasteiger partial charge in [0.15, 0.2) is 0 Å². The van der Waals surface area contributed by atoms with Crippen LogP contribution in [0.2, 0.25) is 5.02 Å². The average molecular weight is 492 g/mol. The molecule has 0 radical (unpaired) electrons. The summed E-state index contributed by atoms with van der Waals surface area (Å²) in [5.41, 5.74) is 1.35. The Bertz CT molecular complexity index is 1090. The predicted octanol–water partition coefficient (Wildman–Crippen LogP) is 2.83. The van der Waals surface area contributed by atoms with Gasteiger partial charge in [-0.1, -0.05) is 24.4 Å². The summed E-state index contributed by atoms with van der Waals surface area (Å²) in [4.78, 5) is 42.4. The highest BCUT2D eigenvalue weighted by atomic mass is 35.5. The van der Waals surface area contributed by atoms with E-state index in [1.807, 2.05) is 11.0 Å². The topological polar surface area (TPSA) is 99.2 Å². The van der Waals surface area contributed by atoms with Gasteiger partial charge < -0.3 is 15.2 Å². The molecule has 2 amide bonds. The number of rotatable bonds is 5. The first-order chi connectivity index (χ1) is 16.0. The summed E-state index contributed by atoms with van der Waals surface area (Å²) >= 11 is 7.65. The Morgan fingerprint density at radius 1 is 1.12 bits per heavy atom. The first-order valence-electron chi connectivity index (χ1n) is 11.8. The van der Waals surface area contributed by atoms with Crippen molar-refractivity contribution in [3.63, 3.8) is 0 Å². The average Bonchev–Trinajstić information content (AvgIpc) is 3.14. The third-order valence-corrected chi connectivity index (χ3v) is 8.47. The Kier molecular flexibility index (Phi) is 6.72. The fraction of sp³-hybridized carbons (Fsp3) is 0.609. The van der Waals surface area contributed by atoms with E-state index in [9.17, 15) is 14.4 Å². The fourth-order valence-corrected chi connectivity index (χ4v) is 6.64. The molecule has 1 aliphatic carbocycles. The maximum absolute atomic E-state index is 12.8. The highest BCUT2D eigenvalue weighted by Crippen LogP contribution is 2.30. The van der Waals surface area contributed by atoms with E-state index in [0.29, 0.717) is 30.3 Å². The summed E-state index contributed by atoms with van der Waals surface area (Å²) in [7, 11) is 0. The first kappa shape index (κ1) is 22.8. The van der Waals surface area contributed by atoms with Crippen molar-refractivity contribution in [1.29, 1.82) is 0 Å². The minimum Gasteiger partial charge on any atom is -0.343 e. The van der Waals surface area contributed by atoms with Crippen LogP contribution in [-0.2, 0) is 9.59 Å². The number of thioether (sulfide) groups is 1. The van der Waals surface area contributed by atoms with Crippen LogP contribution < -0.4 is 16.3 Å². The van der Waals surface area contributed by atoms with Gasteiger partial charge in [-0.05, 0) is 43.9 Å². The largest absolute Gasteiger partial charge is 0.343 e. The van der Waals surface area contributed by atoms with E-state index in [2.05, 4.69) is 15.6 Å². The number of likely N-dealkylation sites (tertiary alicyclic amines) is 1. The predicted molar refractivity (Wildman–Crippen MR) is 130 cm³/mol. The summed E-state index contributed by atoms with van der Waals surface area (Å²) in [5, 5.41) is 7.20. The second-order valence-corrected chi connectivity index (χ2v) is 10.9. The van der Waals surface area contributed by atoms with Crippen LogP contribution in [0.15, 0.2) is 23.0 Å². The van der Waals surface area contributed by atoms with Crippen molar-refractivity contribution in [1.82, 2.24) is 25.1 Å². The first-order valence-corrected chi connectivity index (χ1v) is 13.3.